The predicted molar refractivity (Wildman–Crippen MR) is 116 cm³/mol. The Labute approximate surface area is 180 Å². The number of aromatic amines is 1. The molecule has 4 rings (SSSR count). The van der Waals surface area contributed by atoms with Crippen LogP contribution >= 0.6 is 0 Å². The summed E-state index contributed by atoms with van der Waals surface area (Å²) in [5.41, 5.74) is 4.89. The summed E-state index contributed by atoms with van der Waals surface area (Å²) in [5, 5.41) is 9.95. The Balaban J connectivity index is 1.45. The van der Waals surface area contributed by atoms with E-state index in [1.165, 1.54) is 28.1 Å². The number of amides is 1. The van der Waals surface area contributed by atoms with Gasteiger partial charge in [0, 0.05) is 19.5 Å². The van der Waals surface area contributed by atoms with Gasteiger partial charge in [-0.25, -0.2) is 9.88 Å². The molecular formula is C24H37N5O+2. The second kappa shape index (κ2) is 9.34. The van der Waals surface area contributed by atoms with Crippen molar-refractivity contribution in [2.45, 2.75) is 58.8 Å². The fraction of sp³-hybridized carbons (Fsp3) is 0.708. The molecule has 2 N–H and O–H groups in total. The number of pyridine rings is 1. The molecule has 1 aromatic rings. The van der Waals surface area contributed by atoms with Gasteiger partial charge >= 0.3 is 0 Å². The van der Waals surface area contributed by atoms with E-state index in [9.17, 15) is 10.1 Å². The largest absolute Gasteiger partial charge is 0.338 e. The van der Waals surface area contributed by atoms with Gasteiger partial charge in [0.2, 0.25) is 0 Å². The van der Waals surface area contributed by atoms with Crippen LogP contribution in [-0.4, -0.2) is 56.6 Å². The van der Waals surface area contributed by atoms with Crippen LogP contribution in [0.1, 0.15) is 61.9 Å². The van der Waals surface area contributed by atoms with Gasteiger partial charge in [0.1, 0.15) is 43.5 Å². The van der Waals surface area contributed by atoms with Crippen LogP contribution < -0.4 is 14.8 Å². The molecule has 0 bridgehead atoms. The smallest absolute Gasteiger partial charge is 0.293 e. The Bertz CT molecular complexity index is 814. The van der Waals surface area contributed by atoms with Crippen molar-refractivity contribution in [1.29, 1.82) is 5.26 Å². The number of anilines is 1. The molecular weight excluding hydrogens is 374 g/mol. The molecule has 1 aliphatic carbocycles. The minimum atomic E-state index is 0.319. The third-order valence-corrected chi connectivity index (χ3v) is 7.01. The van der Waals surface area contributed by atoms with E-state index in [-0.39, 0.29) is 0 Å². The minimum absolute atomic E-state index is 0.319. The van der Waals surface area contributed by atoms with Crippen molar-refractivity contribution in [3.8, 4) is 6.07 Å². The van der Waals surface area contributed by atoms with Crippen LogP contribution in [0.15, 0.2) is 0 Å². The van der Waals surface area contributed by atoms with E-state index in [1.807, 2.05) is 0 Å². The number of aromatic nitrogens is 1. The normalized spacial score (nSPS) is 19.8. The Morgan fingerprint density at radius 2 is 1.77 bits per heavy atom. The standard InChI is InChI=1S/C24H35N5O/c1-18(2)15-22-20-8-6-7-19(20)21(16-25)24(26-22)29-13-11-27(12-14-29)17-23(30)28-9-4-3-5-10-28/h18H,3-15,17H2,1-2H3/p+2. The monoisotopic (exact) mass is 411 g/mol. The summed E-state index contributed by atoms with van der Waals surface area (Å²) in [6, 6.07) is 2.52. The lowest BCUT2D eigenvalue weighted by molar-refractivity contribution is -0.892. The second-order valence-corrected chi connectivity index (χ2v) is 9.70. The minimum Gasteiger partial charge on any atom is -0.338 e. The first-order valence-electron chi connectivity index (χ1n) is 11.9. The molecule has 2 fully saturated rings. The highest BCUT2D eigenvalue weighted by atomic mass is 16.2. The molecule has 0 radical (unpaired) electrons. The zero-order chi connectivity index (χ0) is 21.1. The fourth-order valence-corrected chi connectivity index (χ4v) is 5.41. The second-order valence-electron chi connectivity index (χ2n) is 9.70. The third-order valence-electron chi connectivity index (χ3n) is 7.01. The van der Waals surface area contributed by atoms with Gasteiger partial charge in [0.05, 0.1) is 0 Å². The molecule has 6 nitrogen and oxygen atoms in total. The van der Waals surface area contributed by atoms with Crippen molar-refractivity contribution in [2.24, 2.45) is 5.92 Å². The fourth-order valence-electron chi connectivity index (χ4n) is 5.41. The van der Waals surface area contributed by atoms with E-state index in [0.29, 0.717) is 18.4 Å². The van der Waals surface area contributed by atoms with E-state index >= 15 is 0 Å². The van der Waals surface area contributed by atoms with Gasteiger partial charge in [-0.05, 0) is 55.6 Å². The van der Waals surface area contributed by atoms with Crippen LogP contribution in [0.4, 0.5) is 5.82 Å². The Morgan fingerprint density at radius 3 is 2.43 bits per heavy atom. The van der Waals surface area contributed by atoms with Gasteiger partial charge in [-0.1, -0.05) is 13.8 Å². The number of piperidine rings is 1. The predicted octanol–water partition coefficient (Wildman–Crippen LogP) is 0.777. The maximum absolute atomic E-state index is 12.6. The van der Waals surface area contributed by atoms with E-state index in [1.54, 1.807) is 0 Å². The lowest BCUT2D eigenvalue weighted by atomic mass is 9.97. The molecule has 0 atom stereocenters. The first kappa shape index (κ1) is 21.1. The number of hydrogen-bond donors (Lipinski definition) is 1. The number of rotatable bonds is 5. The maximum atomic E-state index is 12.6. The Kier molecular flexibility index (Phi) is 6.58. The quantitative estimate of drug-likeness (QED) is 0.779. The Hall–Kier alpha value is -2.13. The van der Waals surface area contributed by atoms with Crippen LogP contribution in [0.3, 0.4) is 0 Å². The first-order chi connectivity index (χ1) is 14.6. The molecule has 2 saturated heterocycles. The number of fused-ring (bicyclic) bond motifs is 1. The summed E-state index contributed by atoms with van der Waals surface area (Å²) >= 11 is 0. The zero-order valence-electron chi connectivity index (χ0n) is 18.7. The molecule has 1 amide bonds. The van der Waals surface area contributed by atoms with Crippen LogP contribution in [0, 0.1) is 17.2 Å². The number of quaternary nitrogens is 1. The maximum Gasteiger partial charge on any atom is 0.293 e. The number of hydrogen-bond acceptors (Lipinski definition) is 3. The van der Waals surface area contributed by atoms with Gasteiger partial charge in [-0.3, -0.25) is 4.79 Å². The summed E-state index contributed by atoms with van der Waals surface area (Å²) in [5.74, 6) is 1.93. The summed E-state index contributed by atoms with van der Waals surface area (Å²) < 4.78 is 0. The topological polar surface area (TPSA) is 65.9 Å². The third kappa shape index (κ3) is 4.46. The number of piperazine rings is 1. The van der Waals surface area contributed by atoms with Crippen LogP contribution in [-0.2, 0) is 24.1 Å². The van der Waals surface area contributed by atoms with Gasteiger partial charge in [0.15, 0.2) is 6.54 Å². The number of nitriles is 1. The number of nitrogens with zero attached hydrogens (tertiary/aromatic N) is 3. The number of likely N-dealkylation sites (tertiary alicyclic amines) is 1. The van der Waals surface area contributed by atoms with Crippen LogP contribution in [0.25, 0.3) is 0 Å². The molecule has 162 valence electrons. The SMILES string of the molecule is CC(C)Cc1[nH+]c(N2CC[NH+](CC(=O)N3CCCCC3)CC2)c(C#N)c2c1CCC2. The molecule has 30 heavy (non-hydrogen) atoms. The van der Waals surface area contributed by atoms with Crippen molar-refractivity contribution in [2.75, 3.05) is 50.7 Å². The molecule has 0 unspecified atom stereocenters. The van der Waals surface area contributed by atoms with Crippen molar-refractivity contribution in [1.82, 2.24) is 4.90 Å². The highest BCUT2D eigenvalue weighted by Gasteiger charge is 2.34. The number of H-pyrrole nitrogens is 1. The van der Waals surface area contributed by atoms with Crippen molar-refractivity contribution in [3.05, 3.63) is 22.4 Å². The van der Waals surface area contributed by atoms with Crippen molar-refractivity contribution in [3.63, 3.8) is 0 Å². The van der Waals surface area contributed by atoms with E-state index < -0.39 is 0 Å². The average Bonchev–Trinajstić information content (AvgIpc) is 3.24. The van der Waals surface area contributed by atoms with Crippen LogP contribution in [0.5, 0.6) is 0 Å². The zero-order valence-corrected chi connectivity index (χ0v) is 18.7. The lowest BCUT2D eigenvalue weighted by Crippen LogP contribution is -3.16. The Morgan fingerprint density at radius 1 is 1.07 bits per heavy atom. The number of carbonyl (C=O) groups is 1. The summed E-state index contributed by atoms with van der Waals surface area (Å²) in [4.78, 5) is 22.1. The highest BCUT2D eigenvalue weighted by molar-refractivity contribution is 5.77. The van der Waals surface area contributed by atoms with Crippen molar-refractivity contribution < 1.29 is 14.7 Å². The van der Waals surface area contributed by atoms with E-state index in [4.69, 9.17) is 0 Å². The molecule has 2 aliphatic heterocycles. The van der Waals surface area contributed by atoms with Gasteiger partial charge in [-0.2, -0.15) is 5.26 Å². The molecule has 0 saturated carbocycles. The molecule has 0 aromatic carbocycles. The highest BCUT2D eigenvalue weighted by Crippen LogP contribution is 2.31. The first-order valence-corrected chi connectivity index (χ1v) is 11.9. The number of nitrogens with one attached hydrogen (secondary N) is 2. The van der Waals surface area contributed by atoms with Crippen LogP contribution in [0.2, 0.25) is 0 Å². The van der Waals surface area contributed by atoms with E-state index in [0.717, 1.165) is 89.2 Å². The molecule has 6 heteroatoms. The number of carbonyl (C=O) groups excluding carboxylic acids is 1. The van der Waals surface area contributed by atoms with Gasteiger partial charge in [-0.15, -0.1) is 0 Å². The lowest BCUT2D eigenvalue weighted by Gasteiger charge is -2.31. The summed E-state index contributed by atoms with van der Waals surface area (Å²) in [6.07, 6.45) is 7.88. The van der Waals surface area contributed by atoms with E-state index in [2.05, 4.69) is 34.7 Å². The van der Waals surface area contributed by atoms with Gasteiger partial charge in [0.25, 0.3) is 11.7 Å². The molecule has 1 aromatic heterocycles. The average molecular weight is 412 g/mol. The molecule has 3 aliphatic rings. The molecule has 3 heterocycles. The molecule has 0 spiro atoms. The summed E-state index contributed by atoms with van der Waals surface area (Å²) in [7, 11) is 0. The van der Waals surface area contributed by atoms with Crippen molar-refractivity contribution >= 4 is 11.7 Å². The summed E-state index contributed by atoms with van der Waals surface area (Å²) in [6.45, 7) is 10.7. The van der Waals surface area contributed by atoms with Gasteiger partial charge < -0.3 is 9.80 Å².